The van der Waals surface area contributed by atoms with Crippen molar-refractivity contribution in [3.05, 3.63) is 59.7 Å². The van der Waals surface area contributed by atoms with Gasteiger partial charge in [-0.1, -0.05) is 341 Å². The van der Waals surface area contributed by atoms with Crippen molar-refractivity contribution in [3.63, 3.8) is 0 Å². The second kappa shape index (κ2) is 48.6. The Labute approximate surface area is 467 Å². The molecule has 0 unspecified atom stereocenters. The minimum Gasteiger partial charge on any atom is -0.427 e. The first kappa shape index (κ1) is 69.8. The predicted molar refractivity (Wildman–Crippen MR) is 329 cm³/mol. The molecule has 436 valence electrons. The van der Waals surface area contributed by atoms with Gasteiger partial charge in [-0.15, -0.1) is 0 Å². The van der Waals surface area contributed by atoms with Gasteiger partial charge in [0, 0.05) is 5.41 Å². The summed E-state index contributed by atoms with van der Waals surface area (Å²) in [6.07, 6.45) is 64.5. The van der Waals surface area contributed by atoms with E-state index in [1.165, 1.54) is 313 Å². The maximum atomic E-state index is 9.96. The van der Waals surface area contributed by atoms with Crippen molar-refractivity contribution >= 4 is 17.2 Å². The first-order chi connectivity index (χ1) is 36.8. The molecule has 8 heteroatoms. The van der Waals surface area contributed by atoms with Crippen LogP contribution in [0, 0.1) is 5.41 Å². The molecule has 0 spiro atoms. The lowest BCUT2D eigenvalue weighted by Gasteiger charge is -2.53. The summed E-state index contributed by atoms with van der Waals surface area (Å²) in [4.78, 5) is 39.8. The van der Waals surface area contributed by atoms with Crippen LogP contribution in [0.4, 0.5) is 0 Å². The lowest BCUT2D eigenvalue weighted by Crippen LogP contribution is -2.47. The van der Waals surface area contributed by atoms with Gasteiger partial charge in [0.15, 0.2) is 0 Å². The van der Waals surface area contributed by atoms with Gasteiger partial charge in [-0.25, -0.2) is 0 Å². The Morgan fingerprint density at radius 1 is 0.267 bits per heavy atom. The van der Waals surface area contributed by atoms with Gasteiger partial charge in [0.05, 0.1) is 0 Å². The molecule has 75 heavy (non-hydrogen) atoms. The highest BCUT2D eigenvalue weighted by Crippen LogP contribution is 2.59. The van der Waals surface area contributed by atoms with Crippen molar-refractivity contribution in [2.75, 3.05) is 0 Å². The third-order valence-electron chi connectivity index (χ3n) is 17.2. The Balaban J connectivity index is 2.62. The standard InChI is InChI=1S/C67H122O6P2/c1-5-9-13-17-21-25-29-33-37-41-45-49-61-67(62-50-54-64(55-51-62)72-74(68)69,63-52-56-65(57-53-63)73-75(70)71)66(58-46-42-38-34-30-26-22-18-14-10-6-2,59-47-43-39-35-31-27-23-19-15-11-7-3)60-48-44-40-36-32-28-24-20-16-12-8-4/h50-57,68-71H,5-49,58-61H2,1-4H3. The van der Waals surface area contributed by atoms with E-state index in [-0.39, 0.29) is 10.8 Å². The SMILES string of the molecule is CCCCCCCCCCCCCCC(c1ccc(OP(O)O)cc1)(c1ccc(OP(O)O)cc1)C(CCCCCCCCCCCCC)(CCCCCCCCCCCCC)CCCCCCCCCCCCC. The first-order valence-corrected chi connectivity index (χ1v) is 35.0. The van der Waals surface area contributed by atoms with Crippen LogP contribution < -0.4 is 9.05 Å². The third kappa shape index (κ3) is 33.2. The van der Waals surface area contributed by atoms with Crippen LogP contribution in [0.25, 0.3) is 0 Å². The van der Waals surface area contributed by atoms with Gasteiger partial charge in [-0.05, 0) is 66.5 Å². The summed E-state index contributed by atoms with van der Waals surface area (Å²) in [5.74, 6) is 0.979. The Morgan fingerprint density at radius 3 is 0.653 bits per heavy atom. The molecule has 0 atom stereocenters. The van der Waals surface area contributed by atoms with Crippen LogP contribution in [-0.2, 0) is 5.41 Å². The summed E-state index contributed by atoms with van der Waals surface area (Å²) >= 11 is 0. The van der Waals surface area contributed by atoms with E-state index in [9.17, 15) is 19.6 Å². The van der Waals surface area contributed by atoms with Crippen molar-refractivity contribution in [2.45, 2.75) is 348 Å². The van der Waals surface area contributed by atoms with E-state index in [1.807, 2.05) is 24.3 Å². The molecule has 0 amide bonds. The molecule has 0 aliphatic rings. The van der Waals surface area contributed by atoms with E-state index in [1.54, 1.807) is 0 Å². The van der Waals surface area contributed by atoms with E-state index in [2.05, 4.69) is 52.0 Å². The van der Waals surface area contributed by atoms with Crippen LogP contribution in [0.1, 0.15) is 353 Å². The molecule has 0 aliphatic carbocycles. The Morgan fingerprint density at radius 2 is 0.453 bits per heavy atom. The fraction of sp³-hybridized carbons (Fsp3) is 0.821. The lowest BCUT2D eigenvalue weighted by atomic mass is 9.50. The number of rotatable bonds is 56. The molecule has 0 radical (unpaired) electrons. The molecule has 2 aromatic carbocycles. The van der Waals surface area contributed by atoms with E-state index < -0.39 is 17.2 Å². The van der Waals surface area contributed by atoms with Gasteiger partial charge in [0.1, 0.15) is 11.5 Å². The van der Waals surface area contributed by atoms with Gasteiger partial charge in [-0.2, -0.15) is 0 Å². The zero-order chi connectivity index (χ0) is 54.2. The molecular weight excluding hydrogens is 963 g/mol. The fourth-order valence-electron chi connectivity index (χ4n) is 12.8. The topological polar surface area (TPSA) is 99.4 Å². The summed E-state index contributed by atoms with van der Waals surface area (Å²) in [7, 11) is -5.06. The third-order valence-corrected chi connectivity index (χ3v) is 17.9. The van der Waals surface area contributed by atoms with Gasteiger partial charge in [0.25, 0.3) is 0 Å². The van der Waals surface area contributed by atoms with Crippen LogP contribution >= 0.6 is 17.2 Å². The molecule has 0 aliphatic heterocycles. The molecule has 0 saturated carbocycles. The average Bonchev–Trinajstić information content (AvgIpc) is 3.40. The van der Waals surface area contributed by atoms with Crippen molar-refractivity contribution in [3.8, 4) is 11.5 Å². The first-order valence-electron chi connectivity index (χ1n) is 32.7. The monoisotopic (exact) mass is 1080 g/mol. The van der Waals surface area contributed by atoms with E-state index in [4.69, 9.17) is 9.05 Å². The van der Waals surface area contributed by atoms with Gasteiger partial charge < -0.3 is 28.6 Å². The summed E-state index contributed by atoms with van der Waals surface area (Å²) < 4.78 is 11.1. The molecule has 4 N–H and O–H groups in total. The normalized spacial score (nSPS) is 12.2. The number of benzene rings is 2. The molecule has 0 bridgehead atoms. The zero-order valence-electron chi connectivity index (χ0n) is 49.8. The van der Waals surface area contributed by atoms with Crippen molar-refractivity contribution in [2.24, 2.45) is 5.41 Å². The van der Waals surface area contributed by atoms with Gasteiger partial charge in [0.2, 0.25) is 0 Å². The maximum absolute atomic E-state index is 9.96. The van der Waals surface area contributed by atoms with E-state index in [0.717, 1.165) is 12.8 Å². The minimum absolute atomic E-state index is 0.0193. The maximum Gasteiger partial charge on any atom is 0.391 e. The van der Waals surface area contributed by atoms with Crippen molar-refractivity contribution in [1.29, 1.82) is 0 Å². The van der Waals surface area contributed by atoms with Crippen molar-refractivity contribution in [1.82, 2.24) is 0 Å². The molecule has 2 aromatic rings. The second-order valence-corrected chi connectivity index (χ2v) is 24.8. The quantitative estimate of drug-likeness (QED) is 0.0389. The summed E-state index contributed by atoms with van der Waals surface area (Å²) in [5, 5.41) is 0. The lowest BCUT2D eigenvalue weighted by molar-refractivity contribution is 0.0817. The Kier molecular flexibility index (Phi) is 45.3. The smallest absolute Gasteiger partial charge is 0.391 e. The van der Waals surface area contributed by atoms with Crippen molar-refractivity contribution < 1.29 is 28.6 Å². The molecule has 0 aromatic heterocycles. The highest BCUT2D eigenvalue weighted by molar-refractivity contribution is 7.40. The van der Waals surface area contributed by atoms with E-state index >= 15 is 0 Å². The van der Waals surface area contributed by atoms with Crippen LogP contribution in [0.5, 0.6) is 11.5 Å². The van der Waals surface area contributed by atoms with E-state index in [0.29, 0.717) is 11.5 Å². The molecular formula is C67H122O6P2. The fourth-order valence-corrected chi connectivity index (χ4v) is 13.4. The van der Waals surface area contributed by atoms with Gasteiger partial charge in [-0.3, -0.25) is 0 Å². The second-order valence-electron chi connectivity index (χ2n) is 23.4. The van der Waals surface area contributed by atoms with Crippen LogP contribution in [-0.4, -0.2) is 19.6 Å². The average molecular weight is 1090 g/mol. The molecule has 2 rings (SSSR count). The Bertz CT molecular complexity index is 1380. The molecule has 0 fully saturated rings. The highest BCUT2D eigenvalue weighted by Gasteiger charge is 2.51. The van der Waals surface area contributed by atoms with Crippen LogP contribution in [0.15, 0.2) is 48.5 Å². The number of hydrogen-bond donors (Lipinski definition) is 4. The predicted octanol–water partition coefficient (Wildman–Crippen LogP) is 23.3. The Hall–Kier alpha value is -1.26. The molecule has 0 heterocycles. The summed E-state index contributed by atoms with van der Waals surface area (Å²) in [6.45, 7) is 9.22. The minimum atomic E-state index is -2.53. The van der Waals surface area contributed by atoms with Gasteiger partial charge >= 0.3 is 17.2 Å². The largest absolute Gasteiger partial charge is 0.427 e. The molecule has 0 saturated heterocycles. The zero-order valence-corrected chi connectivity index (χ0v) is 51.6. The van der Waals surface area contributed by atoms with Crippen LogP contribution in [0.3, 0.4) is 0 Å². The number of hydrogen-bond acceptors (Lipinski definition) is 6. The summed E-state index contributed by atoms with van der Waals surface area (Å²) in [5.41, 5.74) is 2.25. The summed E-state index contributed by atoms with van der Waals surface area (Å²) in [6, 6.07) is 17.0. The molecule has 6 nitrogen and oxygen atoms in total. The highest BCUT2D eigenvalue weighted by atomic mass is 31.2. The number of unbranched alkanes of at least 4 members (excludes halogenated alkanes) is 41. The van der Waals surface area contributed by atoms with Crippen LogP contribution in [0.2, 0.25) is 0 Å².